The predicted octanol–water partition coefficient (Wildman–Crippen LogP) is 1.66. The summed E-state index contributed by atoms with van der Waals surface area (Å²) in [5.41, 5.74) is 1.58. The Morgan fingerprint density at radius 3 is 2.17 bits per heavy atom. The molecule has 0 aliphatic carbocycles. The Kier molecular flexibility index (Phi) is 4.11. The molecule has 2 rings (SSSR count). The second kappa shape index (κ2) is 5.28. The van der Waals surface area contributed by atoms with E-state index < -0.39 is 10.0 Å². The molecular weight excluding hydrogens is 316 g/mol. The molecule has 1 aliphatic heterocycles. The molecule has 1 aromatic carbocycles. The summed E-state index contributed by atoms with van der Waals surface area (Å²) in [6.45, 7) is 6.19. The molecule has 6 heteroatoms. The van der Waals surface area contributed by atoms with Gasteiger partial charge in [-0.05, 0) is 37.1 Å². The van der Waals surface area contributed by atoms with Crippen LogP contribution in [0.4, 0.5) is 0 Å². The van der Waals surface area contributed by atoms with Gasteiger partial charge in [-0.2, -0.15) is 4.31 Å². The van der Waals surface area contributed by atoms with Gasteiger partial charge in [-0.1, -0.05) is 15.9 Å². The summed E-state index contributed by atoms with van der Waals surface area (Å²) >= 11 is 3.39. The zero-order chi connectivity index (χ0) is 13.3. The molecule has 1 fully saturated rings. The summed E-state index contributed by atoms with van der Waals surface area (Å²) in [7, 11) is -3.37. The Hall–Kier alpha value is -0.430. The third kappa shape index (κ3) is 2.61. The van der Waals surface area contributed by atoms with Crippen LogP contribution in [0, 0.1) is 13.8 Å². The molecule has 1 N–H and O–H groups in total. The average molecular weight is 333 g/mol. The highest BCUT2D eigenvalue weighted by molar-refractivity contribution is 9.10. The third-order valence-electron chi connectivity index (χ3n) is 3.10. The number of piperazine rings is 1. The Bertz CT molecular complexity index is 528. The van der Waals surface area contributed by atoms with E-state index in [0.29, 0.717) is 31.1 Å². The summed E-state index contributed by atoms with van der Waals surface area (Å²) in [4.78, 5) is 0.451. The smallest absolute Gasteiger partial charge is 0.243 e. The van der Waals surface area contributed by atoms with Gasteiger partial charge in [-0.3, -0.25) is 0 Å². The summed E-state index contributed by atoms with van der Waals surface area (Å²) in [5.74, 6) is 0. The lowest BCUT2D eigenvalue weighted by molar-refractivity contribution is 0.360. The van der Waals surface area contributed by atoms with Crippen molar-refractivity contribution >= 4 is 26.0 Å². The topological polar surface area (TPSA) is 49.4 Å². The van der Waals surface area contributed by atoms with Gasteiger partial charge in [0.15, 0.2) is 0 Å². The van der Waals surface area contributed by atoms with E-state index in [4.69, 9.17) is 0 Å². The molecule has 100 valence electrons. The highest BCUT2D eigenvalue weighted by Crippen LogP contribution is 2.27. The maximum Gasteiger partial charge on any atom is 0.243 e. The van der Waals surface area contributed by atoms with E-state index in [1.54, 1.807) is 4.31 Å². The summed E-state index contributed by atoms with van der Waals surface area (Å²) in [5, 5.41) is 3.16. The molecular formula is C12H17BrN2O2S. The van der Waals surface area contributed by atoms with Crippen LogP contribution < -0.4 is 5.32 Å². The van der Waals surface area contributed by atoms with E-state index in [0.717, 1.165) is 15.6 Å². The Balaban J connectivity index is 2.47. The van der Waals surface area contributed by atoms with Crippen LogP contribution in [-0.2, 0) is 10.0 Å². The van der Waals surface area contributed by atoms with Gasteiger partial charge in [0.1, 0.15) is 0 Å². The molecule has 0 atom stereocenters. The molecule has 18 heavy (non-hydrogen) atoms. The van der Waals surface area contributed by atoms with Gasteiger partial charge in [0.05, 0.1) is 4.90 Å². The molecule has 1 saturated heterocycles. The first kappa shape index (κ1) is 14.0. The number of halogens is 1. The fourth-order valence-corrected chi connectivity index (χ4v) is 4.86. The van der Waals surface area contributed by atoms with Crippen molar-refractivity contribution in [2.45, 2.75) is 18.7 Å². The quantitative estimate of drug-likeness (QED) is 0.896. The molecule has 0 aromatic heterocycles. The number of nitrogens with zero attached hydrogens (tertiary/aromatic N) is 1. The first-order valence-corrected chi connectivity index (χ1v) is 8.14. The number of aryl methyl sites for hydroxylation is 2. The van der Waals surface area contributed by atoms with Gasteiger partial charge < -0.3 is 5.32 Å². The lowest BCUT2D eigenvalue weighted by Gasteiger charge is -2.28. The van der Waals surface area contributed by atoms with Crippen LogP contribution in [0.25, 0.3) is 0 Å². The number of benzene rings is 1. The molecule has 0 unspecified atom stereocenters. The number of hydrogen-bond donors (Lipinski definition) is 1. The average Bonchev–Trinajstić information content (AvgIpc) is 2.28. The van der Waals surface area contributed by atoms with Crippen LogP contribution >= 0.6 is 15.9 Å². The highest BCUT2D eigenvalue weighted by Gasteiger charge is 2.28. The number of nitrogens with one attached hydrogen (secondary N) is 1. The van der Waals surface area contributed by atoms with Crippen molar-refractivity contribution in [2.24, 2.45) is 0 Å². The zero-order valence-corrected chi connectivity index (χ0v) is 12.9. The van der Waals surface area contributed by atoms with Crippen LogP contribution in [0.15, 0.2) is 21.5 Å². The van der Waals surface area contributed by atoms with Gasteiger partial charge in [0, 0.05) is 30.7 Å². The zero-order valence-electron chi connectivity index (χ0n) is 10.5. The lowest BCUT2D eigenvalue weighted by Crippen LogP contribution is -2.46. The van der Waals surface area contributed by atoms with E-state index >= 15 is 0 Å². The number of rotatable bonds is 2. The molecule has 0 bridgehead atoms. The molecule has 0 saturated carbocycles. The summed E-state index contributed by atoms with van der Waals surface area (Å²) < 4.78 is 27.7. The van der Waals surface area contributed by atoms with Gasteiger partial charge in [-0.15, -0.1) is 0 Å². The highest BCUT2D eigenvalue weighted by atomic mass is 79.9. The first-order valence-electron chi connectivity index (χ1n) is 5.90. The number of sulfonamides is 1. The fourth-order valence-electron chi connectivity index (χ4n) is 2.32. The first-order chi connectivity index (χ1) is 8.43. The maximum absolute atomic E-state index is 12.6. The largest absolute Gasteiger partial charge is 0.314 e. The Morgan fingerprint density at radius 1 is 1.17 bits per heavy atom. The molecule has 0 spiro atoms. The summed E-state index contributed by atoms with van der Waals surface area (Å²) in [6, 6.07) is 3.70. The Labute approximate surface area is 117 Å². The third-order valence-corrected chi connectivity index (χ3v) is 5.76. The molecule has 0 radical (unpaired) electrons. The Morgan fingerprint density at radius 2 is 1.67 bits per heavy atom. The SMILES string of the molecule is Cc1cc(Br)cc(C)c1S(=O)(=O)N1CCNCC1. The normalized spacial score (nSPS) is 17.9. The second-order valence-electron chi connectivity index (χ2n) is 4.52. The predicted molar refractivity (Wildman–Crippen MR) is 75.2 cm³/mol. The van der Waals surface area contributed by atoms with Crippen LogP contribution in [0.3, 0.4) is 0 Å². The molecule has 1 aliphatic rings. The molecule has 1 aromatic rings. The van der Waals surface area contributed by atoms with Crippen molar-refractivity contribution in [3.05, 3.63) is 27.7 Å². The van der Waals surface area contributed by atoms with Crippen LogP contribution in [0.5, 0.6) is 0 Å². The van der Waals surface area contributed by atoms with Crippen LogP contribution in [0.2, 0.25) is 0 Å². The van der Waals surface area contributed by atoms with Crippen LogP contribution in [-0.4, -0.2) is 38.9 Å². The lowest BCUT2D eigenvalue weighted by atomic mass is 10.2. The second-order valence-corrected chi connectivity index (χ2v) is 7.31. The van der Waals surface area contributed by atoms with Crippen molar-refractivity contribution in [2.75, 3.05) is 26.2 Å². The van der Waals surface area contributed by atoms with E-state index in [1.807, 2.05) is 26.0 Å². The standard InChI is InChI=1S/C12H17BrN2O2S/c1-9-7-11(13)8-10(2)12(9)18(16,17)15-5-3-14-4-6-15/h7-8,14H,3-6H2,1-2H3. The minimum atomic E-state index is -3.37. The van der Waals surface area contributed by atoms with Gasteiger partial charge in [0.2, 0.25) is 10.0 Å². The fraction of sp³-hybridized carbons (Fsp3) is 0.500. The molecule has 0 amide bonds. The molecule has 1 heterocycles. The van der Waals surface area contributed by atoms with Gasteiger partial charge in [0.25, 0.3) is 0 Å². The molecule has 4 nitrogen and oxygen atoms in total. The van der Waals surface area contributed by atoms with Crippen molar-refractivity contribution in [1.82, 2.24) is 9.62 Å². The summed E-state index contributed by atoms with van der Waals surface area (Å²) in [6.07, 6.45) is 0. The van der Waals surface area contributed by atoms with Crippen LogP contribution in [0.1, 0.15) is 11.1 Å². The van der Waals surface area contributed by atoms with E-state index in [9.17, 15) is 8.42 Å². The number of hydrogen-bond acceptors (Lipinski definition) is 3. The van der Waals surface area contributed by atoms with Crippen molar-refractivity contribution < 1.29 is 8.42 Å². The van der Waals surface area contributed by atoms with E-state index in [2.05, 4.69) is 21.2 Å². The van der Waals surface area contributed by atoms with Crippen molar-refractivity contribution in [1.29, 1.82) is 0 Å². The van der Waals surface area contributed by atoms with E-state index in [-0.39, 0.29) is 0 Å². The van der Waals surface area contributed by atoms with Gasteiger partial charge in [-0.25, -0.2) is 8.42 Å². The monoisotopic (exact) mass is 332 g/mol. The van der Waals surface area contributed by atoms with E-state index in [1.165, 1.54) is 0 Å². The minimum Gasteiger partial charge on any atom is -0.314 e. The minimum absolute atomic E-state index is 0.451. The van der Waals surface area contributed by atoms with Crippen molar-refractivity contribution in [3.63, 3.8) is 0 Å². The maximum atomic E-state index is 12.6. The van der Waals surface area contributed by atoms with Gasteiger partial charge >= 0.3 is 0 Å². The van der Waals surface area contributed by atoms with Crippen molar-refractivity contribution in [3.8, 4) is 0 Å².